The molecule has 1 aliphatic heterocycles. The molecule has 0 aromatic rings. The normalized spacial score (nSPS) is 22.4. The molecular weight excluding hydrogens is 405 g/mol. The average Bonchev–Trinajstić information content (AvgIpc) is 2.48. The molecule has 0 bridgehead atoms. The first kappa shape index (κ1) is 22.9. The molecule has 0 spiro atoms. The Hall–Kier alpha value is -0.0800. The molecule has 0 aromatic carbocycles. The van der Waals surface area contributed by atoms with Crippen LogP contribution in [0.2, 0.25) is 0 Å². The summed E-state index contributed by atoms with van der Waals surface area (Å²) < 4.78 is 11.4. The van der Waals surface area contributed by atoms with Crippen molar-refractivity contribution in [1.82, 2.24) is 10.6 Å². The molecule has 0 saturated carbocycles. The fourth-order valence-corrected chi connectivity index (χ4v) is 2.92. The van der Waals surface area contributed by atoms with Gasteiger partial charge in [-0.05, 0) is 32.1 Å². The highest BCUT2D eigenvalue weighted by Crippen LogP contribution is 2.34. The fraction of sp³-hybridized carbons (Fsp3) is 0.941. The monoisotopic (exact) mass is 441 g/mol. The zero-order chi connectivity index (χ0) is 16.4. The summed E-state index contributed by atoms with van der Waals surface area (Å²) in [5, 5.41) is 6.62. The van der Waals surface area contributed by atoms with E-state index in [1.165, 1.54) is 6.42 Å². The van der Waals surface area contributed by atoms with Gasteiger partial charge in [-0.1, -0.05) is 20.8 Å². The second-order valence-corrected chi connectivity index (χ2v) is 6.90. The lowest BCUT2D eigenvalue weighted by molar-refractivity contribution is -0.0823. The number of ether oxygens (including phenoxy) is 2. The summed E-state index contributed by atoms with van der Waals surface area (Å²) in [6, 6.07) is 0. The maximum Gasteiger partial charge on any atom is 0.191 e. The molecule has 2 atom stereocenters. The van der Waals surface area contributed by atoms with Crippen molar-refractivity contribution >= 4 is 29.9 Å². The van der Waals surface area contributed by atoms with Crippen LogP contribution in [0.15, 0.2) is 4.99 Å². The highest BCUT2D eigenvalue weighted by molar-refractivity contribution is 14.0. The third-order valence-corrected chi connectivity index (χ3v) is 3.87. The van der Waals surface area contributed by atoms with Gasteiger partial charge in [-0.25, -0.2) is 0 Å². The summed E-state index contributed by atoms with van der Waals surface area (Å²) in [5.41, 5.74) is 0.168. The number of hydrogen-bond donors (Lipinski definition) is 2. The zero-order valence-electron chi connectivity index (χ0n) is 15.5. The summed E-state index contributed by atoms with van der Waals surface area (Å²) in [5.74, 6) is 1.37. The van der Waals surface area contributed by atoms with Crippen LogP contribution < -0.4 is 10.6 Å². The Balaban J connectivity index is 0.00000484. The topological polar surface area (TPSA) is 54.9 Å². The Morgan fingerprint density at radius 1 is 1.26 bits per heavy atom. The van der Waals surface area contributed by atoms with Gasteiger partial charge in [-0.15, -0.1) is 24.0 Å². The van der Waals surface area contributed by atoms with Crippen LogP contribution in [0.25, 0.3) is 0 Å². The van der Waals surface area contributed by atoms with E-state index in [1.54, 1.807) is 0 Å². The third-order valence-electron chi connectivity index (χ3n) is 3.87. The number of nitrogens with one attached hydrogen (secondary N) is 2. The molecule has 0 aromatic heterocycles. The number of aliphatic imine (C=N–C) groups is 1. The number of rotatable bonds is 7. The SMILES string of the molecule is CCNC(=NCC1CCCOC1C(C)(C)C)NCCOCC.I. The molecule has 1 heterocycles. The van der Waals surface area contributed by atoms with E-state index in [1.807, 2.05) is 6.92 Å². The van der Waals surface area contributed by atoms with Crippen molar-refractivity contribution in [2.45, 2.75) is 53.6 Å². The van der Waals surface area contributed by atoms with Crippen molar-refractivity contribution in [3.8, 4) is 0 Å². The van der Waals surface area contributed by atoms with Crippen molar-refractivity contribution in [3.63, 3.8) is 0 Å². The van der Waals surface area contributed by atoms with Gasteiger partial charge >= 0.3 is 0 Å². The first-order chi connectivity index (χ1) is 10.5. The van der Waals surface area contributed by atoms with E-state index in [0.717, 1.165) is 45.2 Å². The van der Waals surface area contributed by atoms with E-state index in [2.05, 4.69) is 38.3 Å². The average molecular weight is 441 g/mol. The number of hydrogen-bond acceptors (Lipinski definition) is 3. The van der Waals surface area contributed by atoms with Crippen molar-refractivity contribution in [2.24, 2.45) is 16.3 Å². The van der Waals surface area contributed by atoms with Crippen LogP contribution in [0.3, 0.4) is 0 Å². The standard InChI is InChI=1S/C17H35N3O2.HI/c1-6-18-16(19-10-12-21-7-2)20-13-14-9-8-11-22-15(14)17(3,4)5;/h14-15H,6-13H2,1-5H3,(H2,18,19,20);1H. The maximum atomic E-state index is 6.03. The molecule has 0 aliphatic carbocycles. The van der Waals surface area contributed by atoms with Crippen LogP contribution in [-0.2, 0) is 9.47 Å². The van der Waals surface area contributed by atoms with E-state index in [-0.39, 0.29) is 35.5 Å². The van der Waals surface area contributed by atoms with Gasteiger partial charge in [0.05, 0.1) is 12.7 Å². The minimum atomic E-state index is 0. The number of halogens is 1. The van der Waals surface area contributed by atoms with Crippen molar-refractivity contribution in [2.75, 3.05) is 39.5 Å². The largest absolute Gasteiger partial charge is 0.380 e. The fourth-order valence-electron chi connectivity index (χ4n) is 2.92. The molecule has 1 saturated heterocycles. The highest BCUT2D eigenvalue weighted by Gasteiger charge is 2.35. The minimum Gasteiger partial charge on any atom is -0.380 e. The quantitative estimate of drug-likeness (QED) is 0.276. The van der Waals surface area contributed by atoms with Crippen molar-refractivity contribution in [3.05, 3.63) is 0 Å². The molecule has 1 aliphatic rings. The summed E-state index contributed by atoms with van der Waals surface area (Å²) in [7, 11) is 0. The zero-order valence-corrected chi connectivity index (χ0v) is 17.8. The van der Waals surface area contributed by atoms with Gasteiger partial charge in [0.15, 0.2) is 5.96 Å². The summed E-state index contributed by atoms with van der Waals surface area (Å²) in [6.45, 7) is 15.7. The first-order valence-electron chi connectivity index (χ1n) is 8.70. The van der Waals surface area contributed by atoms with E-state index in [9.17, 15) is 0 Å². The predicted molar refractivity (Wildman–Crippen MR) is 108 cm³/mol. The second-order valence-electron chi connectivity index (χ2n) is 6.90. The van der Waals surface area contributed by atoms with Gasteiger partial charge in [-0.2, -0.15) is 0 Å². The van der Waals surface area contributed by atoms with Crippen LogP contribution in [0.1, 0.15) is 47.5 Å². The molecule has 0 radical (unpaired) electrons. The molecular formula is C17H36IN3O2. The highest BCUT2D eigenvalue weighted by atomic mass is 127. The number of guanidine groups is 1. The second kappa shape index (κ2) is 12.3. The molecule has 0 amide bonds. The molecule has 23 heavy (non-hydrogen) atoms. The van der Waals surface area contributed by atoms with E-state index < -0.39 is 0 Å². The van der Waals surface area contributed by atoms with Gasteiger partial charge in [0.25, 0.3) is 0 Å². The summed E-state index contributed by atoms with van der Waals surface area (Å²) in [4.78, 5) is 4.76. The smallest absolute Gasteiger partial charge is 0.191 e. The summed E-state index contributed by atoms with van der Waals surface area (Å²) >= 11 is 0. The van der Waals surface area contributed by atoms with Crippen LogP contribution in [0, 0.1) is 11.3 Å². The van der Waals surface area contributed by atoms with E-state index >= 15 is 0 Å². The first-order valence-corrected chi connectivity index (χ1v) is 8.70. The Kier molecular flexibility index (Phi) is 12.3. The Bertz CT molecular complexity index is 332. The molecule has 2 N–H and O–H groups in total. The predicted octanol–water partition coefficient (Wildman–Crippen LogP) is 3.04. The summed E-state index contributed by atoms with van der Waals surface area (Å²) in [6.07, 6.45) is 2.63. The third kappa shape index (κ3) is 9.10. The van der Waals surface area contributed by atoms with Gasteiger partial charge < -0.3 is 20.1 Å². The van der Waals surface area contributed by atoms with Gasteiger partial charge in [-0.3, -0.25) is 4.99 Å². The van der Waals surface area contributed by atoms with Crippen molar-refractivity contribution < 1.29 is 9.47 Å². The maximum absolute atomic E-state index is 6.03. The van der Waals surface area contributed by atoms with Crippen molar-refractivity contribution in [1.29, 1.82) is 0 Å². The molecule has 5 nitrogen and oxygen atoms in total. The lowest BCUT2D eigenvalue weighted by Crippen LogP contribution is -2.43. The Morgan fingerprint density at radius 3 is 2.61 bits per heavy atom. The van der Waals surface area contributed by atoms with E-state index in [0.29, 0.717) is 12.5 Å². The van der Waals surface area contributed by atoms with Crippen LogP contribution in [0.5, 0.6) is 0 Å². The lowest BCUT2D eigenvalue weighted by Gasteiger charge is -2.39. The molecule has 2 unspecified atom stereocenters. The molecule has 1 fully saturated rings. The Labute approximate surface area is 159 Å². The lowest BCUT2D eigenvalue weighted by atomic mass is 9.78. The van der Waals surface area contributed by atoms with Crippen LogP contribution >= 0.6 is 24.0 Å². The molecule has 1 rings (SSSR count). The molecule has 138 valence electrons. The van der Waals surface area contributed by atoms with Gasteiger partial charge in [0, 0.05) is 38.8 Å². The van der Waals surface area contributed by atoms with Gasteiger partial charge in [0.1, 0.15) is 0 Å². The van der Waals surface area contributed by atoms with Gasteiger partial charge in [0.2, 0.25) is 0 Å². The van der Waals surface area contributed by atoms with E-state index in [4.69, 9.17) is 14.5 Å². The Morgan fingerprint density at radius 2 is 2.00 bits per heavy atom. The van der Waals surface area contributed by atoms with Crippen LogP contribution in [-0.4, -0.2) is 51.5 Å². The van der Waals surface area contributed by atoms with Crippen LogP contribution in [0.4, 0.5) is 0 Å². The number of nitrogens with zero attached hydrogens (tertiary/aromatic N) is 1. The minimum absolute atomic E-state index is 0. The molecule has 6 heteroatoms.